The molecule has 1 aliphatic carbocycles. The number of nitrogens with zero attached hydrogens (tertiary/aromatic N) is 3. The summed E-state index contributed by atoms with van der Waals surface area (Å²) in [5.74, 6) is -0.147. The second kappa shape index (κ2) is 9.73. The highest BCUT2D eigenvalue weighted by Gasteiger charge is 2.49. The van der Waals surface area contributed by atoms with Gasteiger partial charge in [-0.15, -0.1) is 0 Å². The van der Waals surface area contributed by atoms with Crippen LogP contribution in [0.25, 0.3) is 0 Å². The van der Waals surface area contributed by atoms with Crippen molar-refractivity contribution >= 4 is 23.6 Å². The van der Waals surface area contributed by atoms with E-state index in [9.17, 15) is 14.4 Å². The summed E-state index contributed by atoms with van der Waals surface area (Å²) in [4.78, 5) is 47.1. The van der Waals surface area contributed by atoms with Crippen LogP contribution in [0, 0.1) is 0 Å². The lowest BCUT2D eigenvalue weighted by atomic mass is 9.88. The maximum absolute atomic E-state index is 14.0. The summed E-state index contributed by atoms with van der Waals surface area (Å²) in [5.41, 5.74) is 0.894. The van der Waals surface area contributed by atoms with E-state index in [-0.39, 0.29) is 36.7 Å². The van der Waals surface area contributed by atoms with Crippen LogP contribution in [-0.2, 0) is 20.8 Å². The van der Waals surface area contributed by atoms with Crippen molar-refractivity contribution in [2.24, 2.45) is 4.99 Å². The van der Waals surface area contributed by atoms with Gasteiger partial charge in [-0.2, -0.15) is 4.99 Å². The molecule has 33 heavy (non-hydrogen) atoms. The normalized spacial score (nSPS) is 22.5. The molecular formula is C26H32N4O3. The Hall–Kier alpha value is -3.22. The molecular weight excluding hydrogens is 416 g/mol. The summed E-state index contributed by atoms with van der Waals surface area (Å²) >= 11 is 0. The lowest BCUT2D eigenvalue weighted by Crippen LogP contribution is -2.63. The van der Waals surface area contributed by atoms with Crippen LogP contribution >= 0.6 is 0 Å². The molecule has 0 unspecified atom stereocenters. The SMILES string of the molecule is CC1=CC=CN2C1=NC(=O)C[C@]2(C)C(=O)N(CC(=O)NCCc1ccccc1)C1CCCC1. The number of carbonyl (C=O) groups excluding carboxylic acids is 3. The summed E-state index contributed by atoms with van der Waals surface area (Å²) in [5, 5.41) is 2.97. The number of carbonyl (C=O) groups is 3. The van der Waals surface area contributed by atoms with Crippen molar-refractivity contribution in [3.8, 4) is 0 Å². The third-order valence-corrected chi connectivity index (χ3v) is 6.80. The third-order valence-electron chi connectivity index (χ3n) is 6.80. The van der Waals surface area contributed by atoms with Gasteiger partial charge in [0, 0.05) is 18.8 Å². The van der Waals surface area contributed by atoms with Crippen LogP contribution in [0.4, 0.5) is 0 Å². The minimum absolute atomic E-state index is 0.000915. The molecule has 1 aromatic carbocycles. The molecule has 1 aromatic rings. The smallest absolute Gasteiger partial charge is 0.250 e. The van der Waals surface area contributed by atoms with Gasteiger partial charge in [0.15, 0.2) is 0 Å². The molecule has 0 aromatic heterocycles. The molecule has 1 atom stereocenters. The molecule has 1 N–H and O–H groups in total. The van der Waals surface area contributed by atoms with Crippen molar-refractivity contribution in [2.45, 2.75) is 64.0 Å². The summed E-state index contributed by atoms with van der Waals surface area (Å²) in [6.07, 6.45) is 10.1. The Kier molecular flexibility index (Phi) is 6.77. The van der Waals surface area contributed by atoms with Gasteiger partial charge in [-0.3, -0.25) is 14.4 Å². The molecule has 0 radical (unpaired) electrons. The Labute approximate surface area is 195 Å². The third kappa shape index (κ3) is 4.92. The zero-order valence-corrected chi connectivity index (χ0v) is 19.4. The number of allylic oxidation sites excluding steroid dienone is 2. The van der Waals surface area contributed by atoms with E-state index in [2.05, 4.69) is 10.3 Å². The maximum Gasteiger partial charge on any atom is 0.250 e. The van der Waals surface area contributed by atoms with E-state index < -0.39 is 5.54 Å². The highest BCUT2D eigenvalue weighted by atomic mass is 16.2. The van der Waals surface area contributed by atoms with E-state index in [0.717, 1.165) is 43.2 Å². The van der Waals surface area contributed by atoms with E-state index in [1.54, 1.807) is 16.7 Å². The molecule has 0 bridgehead atoms. The zero-order chi connectivity index (χ0) is 23.4. The van der Waals surface area contributed by atoms with Crippen LogP contribution in [0.5, 0.6) is 0 Å². The summed E-state index contributed by atoms with van der Waals surface area (Å²) in [6, 6.07) is 10.00. The van der Waals surface area contributed by atoms with Crippen LogP contribution in [0.1, 0.15) is 51.5 Å². The fourth-order valence-corrected chi connectivity index (χ4v) is 4.96. The summed E-state index contributed by atoms with van der Waals surface area (Å²) in [7, 11) is 0. The predicted molar refractivity (Wildman–Crippen MR) is 127 cm³/mol. The van der Waals surface area contributed by atoms with E-state index in [0.29, 0.717) is 12.4 Å². The minimum Gasteiger partial charge on any atom is -0.354 e. The first-order valence-electron chi connectivity index (χ1n) is 11.8. The lowest BCUT2D eigenvalue weighted by molar-refractivity contribution is -0.148. The van der Waals surface area contributed by atoms with E-state index in [1.807, 2.05) is 55.6 Å². The van der Waals surface area contributed by atoms with Crippen LogP contribution < -0.4 is 5.32 Å². The Morgan fingerprint density at radius 1 is 1.21 bits per heavy atom. The molecule has 2 heterocycles. The first-order chi connectivity index (χ1) is 15.9. The Morgan fingerprint density at radius 2 is 1.94 bits per heavy atom. The molecule has 7 nitrogen and oxygen atoms in total. The van der Waals surface area contributed by atoms with Crippen molar-refractivity contribution < 1.29 is 14.4 Å². The van der Waals surface area contributed by atoms with Gasteiger partial charge in [-0.1, -0.05) is 49.2 Å². The van der Waals surface area contributed by atoms with Gasteiger partial charge in [-0.25, -0.2) is 0 Å². The predicted octanol–water partition coefficient (Wildman–Crippen LogP) is 2.98. The van der Waals surface area contributed by atoms with Gasteiger partial charge < -0.3 is 15.1 Å². The number of aliphatic imine (C=N–C) groups is 1. The molecule has 0 saturated heterocycles. The van der Waals surface area contributed by atoms with Crippen molar-refractivity contribution in [1.29, 1.82) is 0 Å². The Morgan fingerprint density at radius 3 is 2.67 bits per heavy atom. The van der Waals surface area contributed by atoms with Gasteiger partial charge >= 0.3 is 0 Å². The van der Waals surface area contributed by atoms with Crippen LogP contribution in [0.15, 0.2) is 59.2 Å². The minimum atomic E-state index is -1.10. The number of amidine groups is 1. The number of nitrogens with one attached hydrogen (secondary N) is 1. The fraction of sp³-hybridized carbons (Fsp3) is 0.462. The Balaban J connectivity index is 1.49. The number of fused-ring (bicyclic) bond motifs is 1. The Bertz CT molecular complexity index is 1010. The molecule has 3 amide bonds. The number of hydrogen-bond acceptors (Lipinski definition) is 4. The van der Waals surface area contributed by atoms with Crippen molar-refractivity contribution in [2.75, 3.05) is 13.1 Å². The van der Waals surface area contributed by atoms with Gasteiger partial charge in [0.1, 0.15) is 11.4 Å². The molecule has 0 spiro atoms. The molecule has 1 saturated carbocycles. The highest BCUT2D eigenvalue weighted by Crippen LogP contribution is 2.34. The zero-order valence-electron chi connectivity index (χ0n) is 19.4. The second-order valence-corrected chi connectivity index (χ2v) is 9.30. The average molecular weight is 449 g/mol. The first kappa shape index (κ1) is 23.0. The number of amides is 3. The monoisotopic (exact) mass is 448 g/mol. The molecule has 1 fully saturated rings. The molecule has 4 rings (SSSR count). The largest absolute Gasteiger partial charge is 0.354 e. The molecule has 174 valence electrons. The maximum atomic E-state index is 14.0. The number of benzene rings is 1. The van der Waals surface area contributed by atoms with Crippen LogP contribution in [0.2, 0.25) is 0 Å². The standard InChI is InChI=1S/C26H32N4O3/c1-19-9-8-16-30-24(19)28-22(31)17-26(30,2)25(33)29(21-12-6-7-13-21)18-23(32)27-15-14-20-10-4-3-5-11-20/h3-5,8-11,16,21H,6-7,12-15,17-18H2,1-2H3,(H,27,32)/t26-/m1/s1. The number of rotatable bonds is 7. The van der Waals surface area contributed by atoms with Crippen molar-refractivity contribution in [3.05, 3.63) is 59.8 Å². The molecule has 3 aliphatic rings. The van der Waals surface area contributed by atoms with E-state index >= 15 is 0 Å². The van der Waals surface area contributed by atoms with Gasteiger partial charge in [0.05, 0.1) is 13.0 Å². The van der Waals surface area contributed by atoms with Crippen molar-refractivity contribution in [3.63, 3.8) is 0 Å². The van der Waals surface area contributed by atoms with Gasteiger partial charge in [0.2, 0.25) is 11.8 Å². The van der Waals surface area contributed by atoms with Crippen LogP contribution in [0.3, 0.4) is 0 Å². The topological polar surface area (TPSA) is 82.1 Å². The van der Waals surface area contributed by atoms with Gasteiger partial charge in [0.25, 0.3) is 5.91 Å². The van der Waals surface area contributed by atoms with Crippen molar-refractivity contribution in [1.82, 2.24) is 15.1 Å². The fourth-order valence-electron chi connectivity index (χ4n) is 4.96. The molecule has 2 aliphatic heterocycles. The van der Waals surface area contributed by atoms with E-state index in [1.165, 1.54) is 0 Å². The first-order valence-corrected chi connectivity index (χ1v) is 11.8. The highest BCUT2D eigenvalue weighted by molar-refractivity contribution is 6.12. The van der Waals surface area contributed by atoms with E-state index in [4.69, 9.17) is 0 Å². The quantitative estimate of drug-likeness (QED) is 0.695. The number of hydrogen-bond donors (Lipinski definition) is 1. The molecule has 7 heteroatoms. The summed E-state index contributed by atoms with van der Waals surface area (Å²) in [6.45, 7) is 4.19. The lowest BCUT2D eigenvalue weighted by Gasteiger charge is -2.46. The van der Waals surface area contributed by atoms with Gasteiger partial charge in [-0.05, 0) is 50.3 Å². The summed E-state index contributed by atoms with van der Waals surface area (Å²) < 4.78 is 0. The second-order valence-electron chi connectivity index (χ2n) is 9.30. The average Bonchev–Trinajstić information content (AvgIpc) is 3.33. The van der Waals surface area contributed by atoms with Crippen LogP contribution in [-0.4, -0.2) is 58.0 Å².